The van der Waals surface area contributed by atoms with Crippen LogP contribution in [0.15, 0.2) is 23.0 Å². The van der Waals surface area contributed by atoms with Gasteiger partial charge in [-0.1, -0.05) is 0 Å². The Hall–Kier alpha value is -1.47. The maximum absolute atomic E-state index is 12.7. The van der Waals surface area contributed by atoms with Crippen LogP contribution in [0.25, 0.3) is 0 Å². The second-order valence-corrected chi connectivity index (χ2v) is 9.00. The molecular weight excluding hydrogens is 364 g/mol. The molecule has 1 saturated heterocycles. The van der Waals surface area contributed by atoms with Gasteiger partial charge >= 0.3 is 0 Å². The molecule has 27 heavy (non-hydrogen) atoms. The van der Waals surface area contributed by atoms with Crippen LogP contribution in [0.5, 0.6) is 0 Å². The van der Waals surface area contributed by atoms with Gasteiger partial charge in [0.15, 0.2) is 0 Å². The monoisotopic (exact) mass is 392 g/mol. The molecule has 2 amide bonds. The molecule has 1 N–H and O–H groups in total. The summed E-state index contributed by atoms with van der Waals surface area (Å²) in [5, 5.41) is 3.20. The first-order valence-corrected chi connectivity index (χ1v) is 11.2. The smallest absolute Gasteiger partial charge is 0.257 e. The van der Waals surface area contributed by atoms with Crippen molar-refractivity contribution in [3.8, 4) is 0 Å². The third kappa shape index (κ3) is 4.51. The van der Waals surface area contributed by atoms with E-state index in [1.807, 2.05) is 11.2 Å². The molecule has 7 heteroatoms. The van der Waals surface area contributed by atoms with Gasteiger partial charge in [-0.25, -0.2) is 0 Å². The highest BCUT2D eigenvalue weighted by molar-refractivity contribution is 7.99. The van der Waals surface area contributed by atoms with Crippen molar-refractivity contribution in [3.63, 3.8) is 0 Å². The summed E-state index contributed by atoms with van der Waals surface area (Å²) in [4.78, 5) is 26.8. The fourth-order valence-electron chi connectivity index (χ4n) is 4.41. The van der Waals surface area contributed by atoms with E-state index in [-0.39, 0.29) is 24.0 Å². The lowest BCUT2D eigenvalue weighted by atomic mass is 9.77. The number of fused-ring (bicyclic) bond motifs is 1. The lowest BCUT2D eigenvalue weighted by Gasteiger charge is -2.38. The third-order valence-corrected chi connectivity index (χ3v) is 6.59. The number of rotatable bonds is 7. The predicted molar refractivity (Wildman–Crippen MR) is 104 cm³/mol. The number of ether oxygens (including phenoxy) is 1. The number of carbonyl (C=O) groups is 2. The maximum atomic E-state index is 12.7. The van der Waals surface area contributed by atoms with Crippen LogP contribution in [0.1, 0.15) is 36.0 Å². The van der Waals surface area contributed by atoms with E-state index in [9.17, 15) is 9.59 Å². The zero-order chi connectivity index (χ0) is 18.8. The third-order valence-electron chi connectivity index (χ3n) is 6.04. The average molecular weight is 393 g/mol. The highest BCUT2D eigenvalue weighted by Crippen LogP contribution is 2.39. The van der Waals surface area contributed by atoms with E-state index in [2.05, 4.69) is 5.32 Å². The van der Waals surface area contributed by atoms with Crippen molar-refractivity contribution < 1.29 is 18.7 Å². The molecule has 6 nitrogen and oxygen atoms in total. The van der Waals surface area contributed by atoms with Crippen molar-refractivity contribution in [3.05, 3.63) is 24.2 Å². The number of carbonyl (C=O) groups excluding carboxylic acids is 2. The van der Waals surface area contributed by atoms with Gasteiger partial charge in [-0.05, 0) is 55.8 Å². The summed E-state index contributed by atoms with van der Waals surface area (Å²) in [6.45, 7) is 2.32. The average Bonchev–Trinajstić information content (AvgIpc) is 3.15. The molecule has 2 saturated carbocycles. The Labute approximate surface area is 164 Å². The number of amides is 2. The summed E-state index contributed by atoms with van der Waals surface area (Å²) in [7, 11) is 0. The van der Waals surface area contributed by atoms with E-state index < -0.39 is 0 Å². The molecule has 4 atom stereocenters. The van der Waals surface area contributed by atoms with Gasteiger partial charge in [-0.3, -0.25) is 9.59 Å². The van der Waals surface area contributed by atoms with Gasteiger partial charge in [0.05, 0.1) is 29.7 Å². The topological polar surface area (TPSA) is 71.8 Å². The highest BCUT2D eigenvalue weighted by atomic mass is 32.2. The molecule has 2 heterocycles. The van der Waals surface area contributed by atoms with E-state index in [4.69, 9.17) is 9.15 Å². The van der Waals surface area contributed by atoms with Gasteiger partial charge in [-0.15, -0.1) is 0 Å². The second-order valence-electron chi connectivity index (χ2n) is 8.14. The SMILES string of the molecule is CSCC(=O)N[C@H]1C[C@H]2CN(C(=O)c3ccoc3)C[C@H]2C[C@@H]1OCC1CC1. The minimum Gasteiger partial charge on any atom is -0.472 e. The van der Waals surface area contributed by atoms with Crippen LogP contribution < -0.4 is 5.32 Å². The number of nitrogens with zero attached hydrogens (tertiary/aromatic N) is 1. The Balaban J connectivity index is 1.40. The second kappa shape index (κ2) is 8.27. The summed E-state index contributed by atoms with van der Waals surface area (Å²) in [6.07, 6.45) is 9.36. The molecule has 1 aromatic heterocycles. The molecule has 148 valence electrons. The first-order valence-electron chi connectivity index (χ1n) is 9.85. The van der Waals surface area contributed by atoms with Crippen molar-refractivity contribution in [1.29, 1.82) is 0 Å². The standard InChI is InChI=1S/C20H28N2O4S/c1-27-12-19(23)21-17-6-15-8-22(20(24)14-4-5-25-11-14)9-16(15)7-18(17)26-10-13-2-3-13/h4-5,11,13,15-18H,2-3,6-10,12H2,1H3,(H,21,23)/t15-,16+,17-,18-/m0/s1. The number of furan rings is 1. The Bertz CT molecular complexity index is 661. The molecule has 3 fully saturated rings. The molecular formula is C20H28N2O4S. The highest BCUT2D eigenvalue weighted by Gasteiger charge is 2.44. The van der Waals surface area contributed by atoms with Crippen LogP contribution in [0, 0.1) is 17.8 Å². The summed E-state index contributed by atoms with van der Waals surface area (Å²) < 4.78 is 11.3. The van der Waals surface area contributed by atoms with Gasteiger partial charge in [0, 0.05) is 19.7 Å². The Morgan fingerprint density at radius 1 is 1.30 bits per heavy atom. The van der Waals surface area contributed by atoms with Crippen molar-refractivity contribution >= 4 is 23.6 Å². The maximum Gasteiger partial charge on any atom is 0.257 e. The molecule has 0 bridgehead atoms. The quantitative estimate of drug-likeness (QED) is 0.772. The van der Waals surface area contributed by atoms with E-state index >= 15 is 0 Å². The van der Waals surface area contributed by atoms with Gasteiger partial charge in [0.2, 0.25) is 5.91 Å². The molecule has 3 aliphatic rings. The van der Waals surface area contributed by atoms with Gasteiger partial charge in [0.25, 0.3) is 5.91 Å². The van der Waals surface area contributed by atoms with E-state index in [1.165, 1.54) is 37.1 Å². The first kappa shape index (κ1) is 18.9. The van der Waals surface area contributed by atoms with Crippen molar-refractivity contribution in [2.75, 3.05) is 31.7 Å². The van der Waals surface area contributed by atoms with Crippen LogP contribution in [0.3, 0.4) is 0 Å². The van der Waals surface area contributed by atoms with Crippen LogP contribution >= 0.6 is 11.8 Å². The van der Waals surface area contributed by atoms with Crippen LogP contribution in [-0.4, -0.2) is 60.6 Å². The van der Waals surface area contributed by atoms with Gasteiger partial charge in [-0.2, -0.15) is 11.8 Å². The van der Waals surface area contributed by atoms with Gasteiger partial charge in [0.1, 0.15) is 6.26 Å². The largest absolute Gasteiger partial charge is 0.472 e. The Kier molecular flexibility index (Phi) is 5.78. The summed E-state index contributed by atoms with van der Waals surface area (Å²) in [6, 6.07) is 1.77. The molecule has 1 aromatic rings. The van der Waals surface area contributed by atoms with Crippen molar-refractivity contribution in [2.24, 2.45) is 17.8 Å². The van der Waals surface area contributed by atoms with Crippen molar-refractivity contribution in [1.82, 2.24) is 10.2 Å². The Morgan fingerprint density at radius 2 is 2.07 bits per heavy atom. The van der Waals surface area contributed by atoms with Crippen LogP contribution in [-0.2, 0) is 9.53 Å². The zero-order valence-electron chi connectivity index (χ0n) is 15.8. The molecule has 0 aromatic carbocycles. The molecule has 4 rings (SSSR count). The predicted octanol–water partition coefficient (Wildman–Crippen LogP) is 2.40. The summed E-state index contributed by atoms with van der Waals surface area (Å²) in [5.74, 6) is 2.16. The molecule has 0 spiro atoms. The number of thioether (sulfide) groups is 1. The number of nitrogens with one attached hydrogen (secondary N) is 1. The fourth-order valence-corrected chi connectivity index (χ4v) is 4.75. The normalized spacial score (nSPS) is 30.2. The molecule has 0 radical (unpaired) electrons. The number of hydrogen-bond donors (Lipinski definition) is 1. The summed E-state index contributed by atoms with van der Waals surface area (Å²) >= 11 is 1.54. The zero-order valence-corrected chi connectivity index (χ0v) is 16.6. The summed E-state index contributed by atoms with van der Waals surface area (Å²) in [5.41, 5.74) is 0.611. The lowest BCUT2D eigenvalue weighted by molar-refractivity contribution is -0.121. The molecule has 2 aliphatic carbocycles. The van der Waals surface area contributed by atoms with Gasteiger partial charge < -0.3 is 19.4 Å². The number of likely N-dealkylation sites (tertiary alicyclic amines) is 1. The first-order chi connectivity index (χ1) is 13.1. The molecule has 0 unspecified atom stereocenters. The number of hydrogen-bond acceptors (Lipinski definition) is 5. The lowest BCUT2D eigenvalue weighted by Crippen LogP contribution is -2.51. The Morgan fingerprint density at radius 3 is 2.74 bits per heavy atom. The minimum atomic E-state index is 0.0385. The minimum absolute atomic E-state index is 0.0385. The van der Waals surface area contributed by atoms with E-state index in [0.717, 1.165) is 32.5 Å². The molecule has 1 aliphatic heterocycles. The fraction of sp³-hybridized carbons (Fsp3) is 0.700. The van der Waals surface area contributed by atoms with Crippen LogP contribution in [0.2, 0.25) is 0 Å². The van der Waals surface area contributed by atoms with E-state index in [0.29, 0.717) is 29.1 Å². The van der Waals surface area contributed by atoms with Crippen LogP contribution in [0.4, 0.5) is 0 Å². The van der Waals surface area contributed by atoms with Crippen molar-refractivity contribution in [2.45, 2.75) is 37.8 Å². The van der Waals surface area contributed by atoms with E-state index in [1.54, 1.807) is 6.07 Å².